The van der Waals surface area contributed by atoms with Crippen LogP contribution >= 0.6 is 0 Å². The molecule has 4 heterocycles. The molecule has 5 rings (SSSR count). The molecule has 164 valence electrons. The van der Waals surface area contributed by atoms with Gasteiger partial charge in [-0.2, -0.15) is 4.52 Å². The van der Waals surface area contributed by atoms with Gasteiger partial charge in [0.1, 0.15) is 17.8 Å². The van der Waals surface area contributed by atoms with Crippen molar-refractivity contribution in [1.29, 1.82) is 0 Å². The molecular formula is C22H21F2N7O. The first kappa shape index (κ1) is 20.1. The molecule has 0 saturated heterocycles. The predicted octanol–water partition coefficient (Wildman–Crippen LogP) is 3.73. The first-order valence-electron chi connectivity index (χ1n) is 10.1. The summed E-state index contributed by atoms with van der Waals surface area (Å²) in [5, 5.41) is 15.6. The van der Waals surface area contributed by atoms with Crippen molar-refractivity contribution >= 4 is 22.8 Å². The molecule has 8 nitrogen and oxygen atoms in total. The van der Waals surface area contributed by atoms with Gasteiger partial charge in [0.2, 0.25) is 0 Å². The number of benzene rings is 1. The third-order valence-corrected chi connectivity index (χ3v) is 5.83. The van der Waals surface area contributed by atoms with Gasteiger partial charge in [0.15, 0.2) is 23.1 Å². The van der Waals surface area contributed by atoms with Crippen LogP contribution in [0.15, 0.2) is 30.7 Å². The van der Waals surface area contributed by atoms with Crippen LogP contribution in [0.1, 0.15) is 22.4 Å². The van der Waals surface area contributed by atoms with Gasteiger partial charge in [-0.3, -0.25) is 4.98 Å². The molecule has 0 fully saturated rings. The fourth-order valence-electron chi connectivity index (χ4n) is 3.97. The lowest BCUT2D eigenvalue weighted by Crippen LogP contribution is -2.32. The molecule has 0 saturated carbocycles. The summed E-state index contributed by atoms with van der Waals surface area (Å²) in [5.74, 6) is -0.503. The average Bonchev–Trinajstić information content (AvgIpc) is 3.27. The first-order chi connectivity index (χ1) is 15.4. The maximum absolute atomic E-state index is 14.4. The SMILES string of the molecule is COc1cc(F)c(Nc2cnc3c(c2)CN(c2nn4cnnc4c(C)c2C)CC3)c(F)c1. The third-order valence-electron chi connectivity index (χ3n) is 5.83. The molecule has 0 unspecified atom stereocenters. The molecule has 10 heteroatoms. The molecule has 4 aromatic rings. The van der Waals surface area contributed by atoms with E-state index in [-0.39, 0.29) is 11.4 Å². The second-order valence-corrected chi connectivity index (χ2v) is 7.77. The van der Waals surface area contributed by atoms with E-state index in [4.69, 9.17) is 9.84 Å². The number of nitrogens with one attached hydrogen (secondary N) is 1. The van der Waals surface area contributed by atoms with E-state index in [1.807, 2.05) is 19.9 Å². The Hall–Kier alpha value is -3.82. The fraction of sp³-hybridized carbons (Fsp3) is 0.273. The number of aromatic nitrogens is 5. The van der Waals surface area contributed by atoms with Crippen LogP contribution in [0.25, 0.3) is 5.65 Å². The molecule has 0 atom stereocenters. The van der Waals surface area contributed by atoms with Crippen LogP contribution in [0.5, 0.6) is 5.75 Å². The van der Waals surface area contributed by atoms with Crippen LogP contribution < -0.4 is 15.0 Å². The number of anilines is 3. The second-order valence-electron chi connectivity index (χ2n) is 7.77. The van der Waals surface area contributed by atoms with Crippen molar-refractivity contribution in [2.45, 2.75) is 26.8 Å². The van der Waals surface area contributed by atoms with Crippen LogP contribution in [0, 0.1) is 25.5 Å². The topological polar surface area (TPSA) is 80.5 Å². The Morgan fingerprint density at radius 2 is 1.88 bits per heavy atom. The Kier molecular flexibility index (Phi) is 4.84. The molecule has 1 aromatic carbocycles. The van der Waals surface area contributed by atoms with Crippen LogP contribution in [0.2, 0.25) is 0 Å². The van der Waals surface area contributed by atoms with Gasteiger partial charge in [-0.1, -0.05) is 0 Å². The van der Waals surface area contributed by atoms with Gasteiger partial charge in [0.25, 0.3) is 0 Å². The highest BCUT2D eigenvalue weighted by Gasteiger charge is 2.23. The number of hydrogen-bond acceptors (Lipinski definition) is 7. The Bertz CT molecular complexity index is 1310. The van der Waals surface area contributed by atoms with E-state index in [1.165, 1.54) is 7.11 Å². The van der Waals surface area contributed by atoms with E-state index in [2.05, 4.69) is 25.4 Å². The first-order valence-corrected chi connectivity index (χ1v) is 10.1. The smallest absolute Gasteiger partial charge is 0.180 e. The third kappa shape index (κ3) is 3.37. The van der Waals surface area contributed by atoms with Crippen molar-refractivity contribution in [3.63, 3.8) is 0 Å². The lowest BCUT2D eigenvalue weighted by molar-refractivity contribution is 0.407. The number of hydrogen-bond donors (Lipinski definition) is 1. The molecule has 1 aliphatic rings. The van der Waals surface area contributed by atoms with Crippen molar-refractivity contribution in [3.8, 4) is 5.75 Å². The Morgan fingerprint density at radius 3 is 2.62 bits per heavy atom. The minimum atomic E-state index is -0.737. The van der Waals surface area contributed by atoms with E-state index in [0.717, 1.165) is 58.9 Å². The number of ether oxygens (including phenoxy) is 1. The van der Waals surface area contributed by atoms with Gasteiger partial charge >= 0.3 is 0 Å². The quantitative estimate of drug-likeness (QED) is 0.521. The molecule has 32 heavy (non-hydrogen) atoms. The summed E-state index contributed by atoms with van der Waals surface area (Å²) in [6.07, 6.45) is 3.92. The van der Waals surface area contributed by atoms with Gasteiger partial charge in [-0.05, 0) is 25.5 Å². The normalized spacial score (nSPS) is 13.3. The molecule has 0 aliphatic carbocycles. The van der Waals surface area contributed by atoms with E-state index >= 15 is 0 Å². The molecule has 3 aromatic heterocycles. The zero-order chi connectivity index (χ0) is 22.4. The summed E-state index contributed by atoms with van der Waals surface area (Å²) in [7, 11) is 1.36. The Labute approximate surface area is 182 Å². The monoisotopic (exact) mass is 437 g/mol. The number of nitrogens with zero attached hydrogens (tertiary/aromatic N) is 6. The van der Waals surface area contributed by atoms with Crippen LogP contribution in [-0.2, 0) is 13.0 Å². The molecule has 0 radical (unpaired) electrons. The van der Waals surface area contributed by atoms with Crippen LogP contribution in [0.3, 0.4) is 0 Å². The van der Waals surface area contributed by atoms with Crippen LogP contribution in [0.4, 0.5) is 26.0 Å². The summed E-state index contributed by atoms with van der Waals surface area (Å²) in [6, 6.07) is 4.14. The van der Waals surface area contributed by atoms with E-state index in [1.54, 1.807) is 17.0 Å². The van der Waals surface area contributed by atoms with Crippen molar-refractivity contribution in [2.24, 2.45) is 0 Å². The number of pyridine rings is 1. The van der Waals surface area contributed by atoms with E-state index < -0.39 is 11.6 Å². The summed E-state index contributed by atoms with van der Waals surface area (Å²) in [4.78, 5) is 6.68. The number of rotatable bonds is 4. The van der Waals surface area contributed by atoms with E-state index in [0.29, 0.717) is 12.2 Å². The second kappa shape index (κ2) is 7.70. The highest BCUT2D eigenvalue weighted by atomic mass is 19.1. The zero-order valence-electron chi connectivity index (χ0n) is 17.9. The summed E-state index contributed by atoms with van der Waals surface area (Å²) in [5.41, 5.74) is 4.99. The van der Waals surface area contributed by atoms with Crippen molar-refractivity contribution in [3.05, 3.63) is 64.7 Å². The van der Waals surface area contributed by atoms with E-state index in [9.17, 15) is 8.78 Å². The van der Waals surface area contributed by atoms with Gasteiger partial charge in [-0.25, -0.2) is 8.78 Å². The Morgan fingerprint density at radius 1 is 1.09 bits per heavy atom. The summed E-state index contributed by atoms with van der Waals surface area (Å²) < 4.78 is 35.3. The number of fused-ring (bicyclic) bond motifs is 2. The van der Waals surface area contributed by atoms with Crippen molar-refractivity contribution < 1.29 is 13.5 Å². The summed E-state index contributed by atoms with van der Waals surface area (Å²) >= 11 is 0. The van der Waals surface area contributed by atoms with Gasteiger partial charge < -0.3 is 15.0 Å². The van der Waals surface area contributed by atoms with Gasteiger partial charge in [0.05, 0.1) is 19.0 Å². The Balaban J connectivity index is 1.45. The minimum Gasteiger partial charge on any atom is -0.497 e. The zero-order valence-corrected chi connectivity index (χ0v) is 17.9. The minimum absolute atomic E-state index is 0.119. The molecule has 0 spiro atoms. The summed E-state index contributed by atoms with van der Waals surface area (Å²) in [6.45, 7) is 5.36. The maximum atomic E-state index is 14.4. The standard InChI is InChI=1S/C22H21F2N7O/c1-12-13(2)22(29-31-11-26-28-21(12)31)30-5-4-19-14(10-30)6-15(9-25-19)27-20-17(23)7-16(32-3)8-18(20)24/h6-9,11,27H,4-5,10H2,1-3H3. The number of methoxy groups -OCH3 is 1. The highest BCUT2D eigenvalue weighted by molar-refractivity contribution is 5.63. The molecular weight excluding hydrogens is 416 g/mol. The average molecular weight is 437 g/mol. The number of aryl methyl sites for hydroxylation is 1. The molecule has 1 aliphatic heterocycles. The van der Waals surface area contributed by atoms with Crippen LogP contribution in [-0.4, -0.2) is 38.4 Å². The van der Waals surface area contributed by atoms with Crippen molar-refractivity contribution in [2.75, 3.05) is 23.9 Å². The van der Waals surface area contributed by atoms with Gasteiger partial charge in [0, 0.05) is 48.5 Å². The molecule has 0 amide bonds. The highest BCUT2D eigenvalue weighted by Crippen LogP contribution is 2.31. The van der Waals surface area contributed by atoms with Crippen molar-refractivity contribution in [1.82, 2.24) is 24.8 Å². The molecule has 0 bridgehead atoms. The predicted molar refractivity (Wildman–Crippen MR) is 115 cm³/mol. The lowest BCUT2D eigenvalue weighted by Gasteiger charge is -2.30. The lowest BCUT2D eigenvalue weighted by atomic mass is 10.0. The number of halogens is 2. The van der Waals surface area contributed by atoms with Gasteiger partial charge in [-0.15, -0.1) is 15.3 Å². The fourth-order valence-corrected chi connectivity index (χ4v) is 3.97. The maximum Gasteiger partial charge on any atom is 0.180 e. The largest absolute Gasteiger partial charge is 0.497 e. The molecule has 1 N–H and O–H groups in total.